The minimum Gasteiger partial charge on any atom is -0.439 e. The van der Waals surface area contributed by atoms with Gasteiger partial charge in [0, 0.05) is 24.8 Å². The minimum atomic E-state index is 0. The number of aromatic nitrogens is 3. The lowest BCUT2D eigenvalue weighted by atomic mass is 10.1. The Hall–Kier alpha value is -2.12. The fourth-order valence-electron chi connectivity index (χ4n) is 2.39. The van der Waals surface area contributed by atoms with Gasteiger partial charge in [-0.3, -0.25) is 0 Å². The predicted octanol–water partition coefficient (Wildman–Crippen LogP) is 4.66. The van der Waals surface area contributed by atoms with Crippen molar-refractivity contribution in [1.29, 1.82) is 0 Å². The number of ether oxygens (including phenoxy) is 1. The third-order valence-electron chi connectivity index (χ3n) is 3.57. The summed E-state index contributed by atoms with van der Waals surface area (Å²) >= 11 is 5.78. The van der Waals surface area contributed by atoms with Crippen molar-refractivity contribution in [2.75, 3.05) is 5.32 Å². The van der Waals surface area contributed by atoms with Crippen LogP contribution in [0.2, 0.25) is 5.02 Å². The molecule has 0 radical (unpaired) electrons. The third kappa shape index (κ3) is 7.48. The number of rotatable bonds is 7. The zero-order valence-electron chi connectivity index (χ0n) is 15.2. The van der Waals surface area contributed by atoms with Gasteiger partial charge in [-0.1, -0.05) is 23.7 Å². The number of nitrogens with zero attached hydrogens (tertiary/aromatic N) is 3. The first-order chi connectivity index (χ1) is 12.6. The highest BCUT2D eigenvalue weighted by Gasteiger charge is 2.03. The quantitative estimate of drug-likeness (QED) is 0.553. The van der Waals surface area contributed by atoms with Crippen LogP contribution in [0.1, 0.15) is 18.1 Å². The van der Waals surface area contributed by atoms with Crippen LogP contribution in [0.3, 0.4) is 0 Å². The van der Waals surface area contributed by atoms with E-state index in [2.05, 4.69) is 20.3 Å². The molecule has 9 heteroatoms. The Bertz CT molecular complexity index is 845. The third-order valence-corrected chi connectivity index (χ3v) is 3.77. The van der Waals surface area contributed by atoms with Gasteiger partial charge in [0.05, 0.1) is 17.4 Å². The van der Waals surface area contributed by atoms with E-state index in [4.69, 9.17) is 22.1 Å². The summed E-state index contributed by atoms with van der Waals surface area (Å²) in [6.45, 7) is 2.54. The first kappa shape index (κ1) is 23.9. The second-order valence-corrected chi connectivity index (χ2v) is 6.44. The van der Waals surface area contributed by atoms with Gasteiger partial charge in [-0.15, -0.1) is 24.8 Å². The highest BCUT2D eigenvalue weighted by molar-refractivity contribution is 6.30. The van der Waals surface area contributed by atoms with Crippen molar-refractivity contribution in [2.24, 2.45) is 5.73 Å². The molecular weight excluding hydrogens is 421 g/mol. The molecule has 0 aliphatic rings. The van der Waals surface area contributed by atoms with Crippen molar-refractivity contribution in [3.8, 4) is 11.6 Å². The first-order valence-corrected chi connectivity index (χ1v) is 8.65. The molecule has 0 aliphatic heterocycles. The molecule has 1 aromatic carbocycles. The Labute approximate surface area is 181 Å². The van der Waals surface area contributed by atoms with Gasteiger partial charge >= 0.3 is 0 Å². The molecule has 0 spiro atoms. The summed E-state index contributed by atoms with van der Waals surface area (Å²) < 4.78 is 5.83. The van der Waals surface area contributed by atoms with Crippen LogP contribution in [-0.2, 0) is 13.0 Å². The average molecular weight is 443 g/mol. The van der Waals surface area contributed by atoms with E-state index in [9.17, 15) is 0 Å². The smallest absolute Gasteiger partial charge is 0.222 e. The van der Waals surface area contributed by atoms with Crippen LogP contribution in [0.25, 0.3) is 0 Å². The van der Waals surface area contributed by atoms with E-state index >= 15 is 0 Å². The molecule has 1 unspecified atom stereocenters. The summed E-state index contributed by atoms with van der Waals surface area (Å²) in [4.78, 5) is 12.5. The van der Waals surface area contributed by atoms with Gasteiger partial charge in [0.1, 0.15) is 5.75 Å². The van der Waals surface area contributed by atoms with Crippen molar-refractivity contribution in [3.63, 3.8) is 0 Å². The van der Waals surface area contributed by atoms with Crippen LogP contribution in [0.5, 0.6) is 11.6 Å². The maximum absolute atomic E-state index is 5.83. The van der Waals surface area contributed by atoms with Crippen LogP contribution >= 0.6 is 36.4 Å². The van der Waals surface area contributed by atoms with Gasteiger partial charge in [-0.25, -0.2) is 15.0 Å². The molecule has 1 atom stereocenters. The van der Waals surface area contributed by atoms with Crippen molar-refractivity contribution >= 4 is 42.4 Å². The topological polar surface area (TPSA) is 86.0 Å². The zero-order valence-corrected chi connectivity index (χ0v) is 17.6. The summed E-state index contributed by atoms with van der Waals surface area (Å²) in [5.41, 5.74) is 8.00. The maximum atomic E-state index is 5.83. The van der Waals surface area contributed by atoms with E-state index in [-0.39, 0.29) is 30.9 Å². The van der Waals surface area contributed by atoms with Gasteiger partial charge in [0.25, 0.3) is 0 Å². The molecule has 2 heterocycles. The molecule has 28 heavy (non-hydrogen) atoms. The highest BCUT2D eigenvalue weighted by Crippen LogP contribution is 2.21. The van der Waals surface area contributed by atoms with E-state index in [0.717, 1.165) is 17.7 Å². The molecule has 0 aliphatic carbocycles. The number of nitrogens with one attached hydrogen (secondary N) is 1. The molecule has 0 saturated carbocycles. The number of nitrogens with two attached hydrogens (primary N) is 1. The van der Waals surface area contributed by atoms with Crippen molar-refractivity contribution in [2.45, 2.75) is 25.9 Å². The summed E-state index contributed by atoms with van der Waals surface area (Å²) in [5.74, 6) is 1.77. The molecule has 150 valence electrons. The number of halogens is 3. The maximum Gasteiger partial charge on any atom is 0.222 e. The van der Waals surface area contributed by atoms with E-state index in [0.29, 0.717) is 23.4 Å². The van der Waals surface area contributed by atoms with Crippen LogP contribution in [-0.4, -0.2) is 21.0 Å². The fraction of sp³-hybridized carbons (Fsp3) is 0.211. The van der Waals surface area contributed by atoms with Crippen molar-refractivity contribution in [1.82, 2.24) is 15.0 Å². The number of hydrogen-bond donors (Lipinski definition) is 2. The molecule has 3 N–H and O–H groups in total. The summed E-state index contributed by atoms with van der Waals surface area (Å²) in [6, 6.07) is 11.8. The summed E-state index contributed by atoms with van der Waals surface area (Å²) in [5, 5.41) is 3.63. The SMILES string of the molecule is CC(N)Cc1ccc(Oc2cc(CNc3ncc(Cl)cn3)ccn2)cc1.Cl.Cl. The summed E-state index contributed by atoms with van der Waals surface area (Å²) in [6.07, 6.45) is 5.64. The van der Waals surface area contributed by atoms with Gasteiger partial charge in [0.15, 0.2) is 0 Å². The van der Waals surface area contributed by atoms with Gasteiger partial charge in [0.2, 0.25) is 11.8 Å². The second-order valence-electron chi connectivity index (χ2n) is 6.01. The molecule has 0 amide bonds. The zero-order chi connectivity index (χ0) is 18.4. The van der Waals surface area contributed by atoms with Crippen molar-refractivity contribution in [3.05, 3.63) is 71.1 Å². The van der Waals surface area contributed by atoms with Gasteiger partial charge in [-0.2, -0.15) is 0 Å². The number of anilines is 1. The molecule has 0 saturated heterocycles. The lowest BCUT2D eigenvalue weighted by Gasteiger charge is -2.09. The van der Waals surface area contributed by atoms with Crippen LogP contribution in [0, 0.1) is 0 Å². The van der Waals surface area contributed by atoms with Gasteiger partial charge in [-0.05, 0) is 42.7 Å². The first-order valence-electron chi connectivity index (χ1n) is 8.27. The van der Waals surface area contributed by atoms with Crippen molar-refractivity contribution < 1.29 is 4.74 Å². The van der Waals surface area contributed by atoms with Crippen LogP contribution in [0.15, 0.2) is 55.0 Å². The Morgan fingerprint density at radius 3 is 2.36 bits per heavy atom. The Balaban J connectivity index is 0.00000196. The summed E-state index contributed by atoms with van der Waals surface area (Å²) in [7, 11) is 0. The molecule has 3 aromatic rings. The van der Waals surface area contributed by atoms with E-state index in [1.807, 2.05) is 43.3 Å². The minimum absolute atomic E-state index is 0. The van der Waals surface area contributed by atoms with E-state index < -0.39 is 0 Å². The number of pyridine rings is 1. The molecule has 2 aromatic heterocycles. The predicted molar refractivity (Wildman–Crippen MR) is 117 cm³/mol. The monoisotopic (exact) mass is 441 g/mol. The van der Waals surface area contributed by atoms with E-state index in [1.165, 1.54) is 5.56 Å². The number of benzene rings is 1. The average Bonchev–Trinajstić information content (AvgIpc) is 2.63. The Morgan fingerprint density at radius 2 is 1.71 bits per heavy atom. The molecule has 0 bridgehead atoms. The molecule has 0 fully saturated rings. The number of hydrogen-bond acceptors (Lipinski definition) is 6. The fourth-order valence-corrected chi connectivity index (χ4v) is 2.48. The Kier molecular flexibility index (Phi) is 9.96. The van der Waals surface area contributed by atoms with E-state index in [1.54, 1.807) is 18.6 Å². The second kappa shape index (κ2) is 11.7. The molecular formula is C19H22Cl3N5O. The largest absolute Gasteiger partial charge is 0.439 e. The molecule has 6 nitrogen and oxygen atoms in total. The highest BCUT2D eigenvalue weighted by atomic mass is 35.5. The Morgan fingerprint density at radius 1 is 1.04 bits per heavy atom. The van der Waals surface area contributed by atoms with Crippen LogP contribution in [0.4, 0.5) is 5.95 Å². The normalized spacial score (nSPS) is 11.0. The van der Waals surface area contributed by atoms with Crippen LogP contribution < -0.4 is 15.8 Å². The standard InChI is InChI=1S/C19H20ClN5O.2ClH/c1-13(21)8-14-2-4-17(5-3-14)26-18-9-15(6-7-22-18)10-23-19-24-11-16(20)12-25-19;;/h2-7,9,11-13H,8,10,21H2,1H3,(H,23,24,25);2*1H. The lowest BCUT2D eigenvalue weighted by Crippen LogP contribution is -2.17. The molecule has 3 rings (SSSR count). The van der Waals surface area contributed by atoms with Gasteiger partial charge < -0.3 is 15.8 Å². The lowest BCUT2D eigenvalue weighted by molar-refractivity contribution is 0.462.